The molecule has 1 amide bonds. The number of nitrogens with zero attached hydrogens (tertiary/aromatic N) is 3. The molecule has 1 aliphatic heterocycles. The van der Waals surface area contributed by atoms with Crippen LogP contribution in [0.4, 0.5) is 5.69 Å². The first-order valence-electron chi connectivity index (χ1n) is 8.84. The van der Waals surface area contributed by atoms with Crippen molar-refractivity contribution >= 4 is 29.9 Å². The van der Waals surface area contributed by atoms with Gasteiger partial charge in [-0.15, -0.1) is 0 Å². The standard InChI is InChI=1S/C18H24N6O2/c19-9-10-21-22-16-6-2-1-5-15(16)18(25)24-11-3-4-13(12-24)17(20)23-26-14-7-8-14/h1-2,5-6,9-10,13-14,19,22H,3-4,7-8,11-12H2,(H2,20,23)/b19-9?,21-10-/t13-/m1/s1. The molecule has 1 aromatic carbocycles. The zero-order valence-electron chi connectivity index (χ0n) is 14.6. The van der Waals surface area contributed by atoms with Crippen LogP contribution >= 0.6 is 0 Å². The molecule has 8 nitrogen and oxygen atoms in total. The summed E-state index contributed by atoms with van der Waals surface area (Å²) in [5.41, 5.74) is 10.0. The third-order valence-corrected chi connectivity index (χ3v) is 4.45. The van der Waals surface area contributed by atoms with Gasteiger partial charge in [0.15, 0.2) is 0 Å². The molecule has 0 unspecified atom stereocenters. The van der Waals surface area contributed by atoms with Crippen molar-refractivity contribution in [3.8, 4) is 0 Å². The summed E-state index contributed by atoms with van der Waals surface area (Å²) in [7, 11) is 0. The lowest BCUT2D eigenvalue weighted by molar-refractivity contribution is 0.0698. The molecule has 3 rings (SSSR count). The van der Waals surface area contributed by atoms with Crippen molar-refractivity contribution < 1.29 is 9.63 Å². The number of likely N-dealkylation sites (tertiary alicyclic amines) is 1. The molecule has 2 aliphatic rings. The van der Waals surface area contributed by atoms with E-state index in [1.807, 2.05) is 12.1 Å². The monoisotopic (exact) mass is 356 g/mol. The number of hydrogen-bond acceptors (Lipinski definition) is 6. The number of benzene rings is 1. The zero-order valence-corrected chi connectivity index (χ0v) is 14.6. The topological polar surface area (TPSA) is 116 Å². The van der Waals surface area contributed by atoms with Crippen LogP contribution in [-0.4, -0.2) is 48.3 Å². The van der Waals surface area contributed by atoms with Crippen molar-refractivity contribution in [1.29, 1.82) is 5.41 Å². The first kappa shape index (κ1) is 17.9. The number of amidine groups is 1. The Labute approximate surface area is 152 Å². The smallest absolute Gasteiger partial charge is 0.256 e. The second kappa shape index (κ2) is 8.46. The van der Waals surface area contributed by atoms with E-state index in [9.17, 15) is 4.79 Å². The molecule has 1 aromatic rings. The van der Waals surface area contributed by atoms with E-state index in [0.29, 0.717) is 30.2 Å². The summed E-state index contributed by atoms with van der Waals surface area (Å²) in [5.74, 6) is 0.415. The number of oxime groups is 1. The zero-order chi connectivity index (χ0) is 18.4. The molecule has 1 heterocycles. The molecule has 4 N–H and O–H groups in total. The third-order valence-electron chi connectivity index (χ3n) is 4.45. The number of carbonyl (C=O) groups excluding carboxylic acids is 1. The van der Waals surface area contributed by atoms with E-state index in [1.54, 1.807) is 17.0 Å². The first-order chi connectivity index (χ1) is 12.7. The average molecular weight is 356 g/mol. The molecule has 1 saturated carbocycles. The van der Waals surface area contributed by atoms with Crippen LogP contribution in [0.2, 0.25) is 0 Å². The van der Waals surface area contributed by atoms with Crippen LogP contribution in [0.1, 0.15) is 36.0 Å². The van der Waals surface area contributed by atoms with Gasteiger partial charge < -0.3 is 20.9 Å². The average Bonchev–Trinajstić information content (AvgIpc) is 3.51. The van der Waals surface area contributed by atoms with E-state index in [1.165, 1.54) is 6.21 Å². The van der Waals surface area contributed by atoms with E-state index in [0.717, 1.165) is 31.9 Å². The molecular formula is C18H24N6O2. The predicted molar refractivity (Wildman–Crippen MR) is 102 cm³/mol. The number of para-hydroxylation sites is 1. The SMILES string of the molecule is N=C/C=N\Nc1ccccc1C(=O)N1CCC[C@@H](/C(N)=N/OC2CC2)C1. The molecule has 0 bridgehead atoms. The number of hydrazone groups is 1. The Kier molecular flexibility index (Phi) is 5.83. The Balaban J connectivity index is 1.68. The first-order valence-corrected chi connectivity index (χ1v) is 8.84. The Bertz CT molecular complexity index is 713. The lowest BCUT2D eigenvalue weighted by Crippen LogP contribution is -2.44. The van der Waals surface area contributed by atoms with Crippen LogP contribution in [-0.2, 0) is 4.84 Å². The normalized spacial score (nSPS) is 20.8. The molecule has 1 saturated heterocycles. The number of piperidine rings is 1. The maximum absolute atomic E-state index is 13.0. The van der Waals surface area contributed by atoms with Crippen LogP contribution < -0.4 is 11.2 Å². The lowest BCUT2D eigenvalue weighted by atomic mass is 9.96. The van der Waals surface area contributed by atoms with Crippen LogP contribution in [0.3, 0.4) is 0 Å². The van der Waals surface area contributed by atoms with Crippen molar-refractivity contribution in [3.63, 3.8) is 0 Å². The highest BCUT2D eigenvalue weighted by atomic mass is 16.6. The number of hydrogen-bond donors (Lipinski definition) is 3. The maximum Gasteiger partial charge on any atom is 0.256 e. The Hall–Kier alpha value is -2.90. The highest BCUT2D eigenvalue weighted by Crippen LogP contribution is 2.25. The summed E-state index contributed by atoms with van der Waals surface area (Å²) in [6.07, 6.45) is 6.45. The number of nitrogens with one attached hydrogen (secondary N) is 2. The Morgan fingerprint density at radius 1 is 1.35 bits per heavy atom. The fourth-order valence-corrected chi connectivity index (χ4v) is 2.87. The summed E-state index contributed by atoms with van der Waals surface area (Å²) < 4.78 is 0. The van der Waals surface area contributed by atoms with Gasteiger partial charge in [-0.1, -0.05) is 17.3 Å². The molecule has 0 radical (unpaired) electrons. The van der Waals surface area contributed by atoms with Crippen molar-refractivity contribution in [2.45, 2.75) is 31.8 Å². The van der Waals surface area contributed by atoms with Gasteiger partial charge in [0.05, 0.1) is 17.5 Å². The van der Waals surface area contributed by atoms with Gasteiger partial charge in [-0.25, -0.2) is 0 Å². The summed E-state index contributed by atoms with van der Waals surface area (Å²) in [6, 6.07) is 7.20. The van der Waals surface area contributed by atoms with Crippen molar-refractivity contribution in [2.24, 2.45) is 21.9 Å². The van der Waals surface area contributed by atoms with Crippen LogP contribution in [0.15, 0.2) is 34.5 Å². The largest absolute Gasteiger partial charge is 0.391 e. The number of carbonyl (C=O) groups is 1. The quantitative estimate of drug-likeness (QED) is 0.394. The highest BCUT2D eigenvalue weighted by Gasteiger charge is 2.29. The van der Waals surface area contributed by atoms with Gasteiger partial charge in [0.2, 0.25) is 0 Å². The molecule has 0 aromatic heterocycles. The predicted octanol–water partition coefficient (Wildman–Crippen LogP) is 2.04. The Morgan fingerprint density at radius 3 is 2.92 bits per heavy atom. The summed E-state index contributed by atoms with van der Waals surface area (Å²) in [6.45, 7) is 1.21. The van der Waals surface area contributed by atoms with Gasteiger partial charge >= 0.3 is 0 Å². The minimum Gasteiger partial charge on any atom is -0.391 e. The summed E-state index contributed by atoms with van der Waals surface area (Å²) >= 11 is 0. The lowest BCUT2D eigenvalue weighted by Gasteiger charge is -2.32. The van der Waals surface area contributed by atoms with Gasteiger partial charge in [-0.2, -0.15) is 5.10 Å². The van der Waals surface area contributed by atoms with Crippen LogP contribution in [0.5, 0.6) is 0 Å². The van der Waals surface area contributed by atoms with E-state index < -0.39 is 0 Å². The van der Waals surface area contributed by atoms with Gasteiger partial charge in [0, 0.05) is 25.2 Å². The van der Waals surface area contributed by atoms with Crippen LogP contribution in [0.25, 0.3) is 0 Å². The van der Waals surface area contributed by atoms with E-state index in [4.69, 9.17) is 16.0 Å². The maximum atomic E-state index is 13.0. The molecule has 2 fully saturated rings. The second-order valence-corrected chi connectivity index (χ2v) is 6.51. The number of amides is 1. The van der Waals surface area contributed by atoms with Crippen LogP contribution in [0, 0.1) is 11.3 Å². The number of rotatable bonds is 7. The molecular weight excluding hydrogens is 332 g/mol. The van der Waals surface area contributed by atoms with Crippen molar-refractivity contribution in [2.75, 3.05) is 18.5 Å². The second-order valence-electron chi connectivity index (χ2n) is 6.51. The number of nitrogens with two attached hydrogens (primary N) is 1. The fourth-order valence-electron chi connectivity index (χ4n) is 2.87. The molecule has 138 valence electrons. The van der Waals surface area contributed by atoms with Gasteiger partial charge in [0.25, 0.3) is 5.91 Å². The van der Waals surface area contributed by atoms with Gasteiger partial charge in [-0.05, 0) is 37.8 Å². The van der Waals surface area contributed by atoms with Gasteiger partial charge in [0.1, 0.15) is 11.9 Å². The fraction of sp³-hybridized carbons (Fsp3) is 0.444. The molecule has 1 atom stereocenters. The summed E-state index contributed by atoms with van der Waals surface area (Å²) in [4.78, 5) is 20.1. The Morgan fingerprint density at radius 2 is 2.15 bits per heavy atom. The number of anilines is 1. The van der Waals surface area contributed by atoms with Crippen molar-refractivity contribution in [3.05, 3.63) is 29.8 Å². The van der Waals surface area contributed by atoms with E-state index in [-0.39, 0.29) is 17.9 Å². The third kappa shape index (κ3) is 4.59. The molecule has 8 heteroatoms. The van der Waals surface area contributed by atoms with Gasteiger partial charge in [-0.3, -0.25) is 10.2 Å². The molecule has 0 spiro atoms. The van der Waals surface area contributed by atoms with Crippen molar-refractivity contribution in [1.82, 2.24) is 4.90 Å². The minimum atomic E-state index is -0.0706. The summed E-state index contributed by atoms with van der Waals surface area (Å²) in [5, 5.41) is 14.9. The molecule has 26 heavy (non-hydrogen) atoms. The van der Waals surface area contributed by atoms with E-state index >= 15 is 0 Å². The molecule has 1 aliphatic carbocycles. The van der Waals surface area contributed by atoms with E-state index in [2.05, 4.69) is 15.7 Å². The highest BCUT2D eigenvalue weighted by molar-refractivity contribution is 6.14. The minimum absolute atomic E-state index is 0.0162.